The zero-order valence-corrected chi connectivity index (χ0v) is 12.8. The Kier molecular flexibility index (Phi) is 3.53. The van der Waals surface area contributed by atoms with E-state index in [2.05, 4.69) is 20.3 Å². The SMILES string of the molecule is Cc1noc([C@@H]2C[C@H]3CCN(C(=O)c4ccnnc4)C[C@@H]3O2)n1. The predicted molar refractivity (Wildman–Crippen MR) is 77.3 cm³/mol. The molecule has 23 heavy (non-hydrogen) atoms. The monoisotopic (exact) mass is 315 g/mol. The average molecular weight is 315 g/mol. The maximum absolute atomic E-state index is 12.5. The van der Waals surface area contributed by atoms with E-state index < -0.39 is 0 Å². The summed E-state index contributed by atoms with van der Waals surface area (Å²) in [5.41, 5.74) is 0.556. The third-order valence-electron chi connectivity index (χ3n) is 4.49. The van der Waals surface area contributed by atoms with Gasteiger partial charge >= 0.3 is 0 Å². The molecule has 8 nitrogen and oxygen atoms in total. The van der Waals surface area contributed by atoms with E-state index in [-0.39, 0.29) is 18.1 Å². The third kappa shape index (κ3) is 2.70. The van der Waals surface area contributed by atoms with Crippen molar-refractivity contribution in [1.29, 1.82) is 0 Å². The first kappa shape index (κ1) is 14.3. The third-order valence-corrected chi connectivity index (χ3v) is 4.49. The molecule has 0 saturated carbocycles. The molecule has 2 saturated heterocycles. The van der Waals surface area contributed by atoms with Gasteiger partial charge in [-0.1, -0.05) is 5.16 Å². The van der Waals surface area contributed by atoms with Gasteiger partial charge in [0.15, 0.2) is 5.82 Å². The molecule has 4 rings (SSSR count). The normalized spacial score (nSPS) is 27.0. The van der Waals surface area contributed by atoms with E-state index in [9.17, 15) is 4.79 Å². The summed E-state index contributed by atoms with van der Waals surface area (Å²) in [7, 11) is 0. The van der Waals surface area contributed by atoms with Gasteiger partial charge in [-0.25, -0.2) is 0 Å². The van der Waals surface area contributed by atoms with Gasteiger partial charge in [0.2, 0.25) is 0 Å². The first-order chi connectivity index (χ1) is 11.2. The van der Waals surface area contributed by atoms with E-state index in [0.29, 0.717) is 29.7 Å². The highest BCUT2D eigenvalue weighted by atomic mass is 16.5. The zero-order valence-electron chi connectivity index (χ0n) is 12.8. The lowest BCUT2D eigenvalue weighted by Gasteiger charge is -2.34. The van der Waals surface area contributed by atoms with E-state index in [1.54, 1.807) is 13.0 Å². The summed E-state index contributed by atoms with van der Waals surface area (Å²) < 4.78 is 11.3. The number of rotatable bonds is 2. The minimum absolute atomic E-state index is 0.0136. The van der Waals surface area contributed by atoms with Crippen LogP contribution in [0.15, 0.2) is 23.0 Å². The van der Waals surface area contributed by atoms with Crippen molar-refractivity contribution in [3.05, 3.63) is 35.7 Å². The molecule has 0 aromatic carbocycles. The number of nitrogens with zero attached hydrogens (tertiary/aromatic N) is 5. The number of aryl methyl sites for hydroxylation is 1. The van der Waals surface area contributed by atoms with Crippen LogP contribution in [0.3, 0.4) is 0 Å². The first-order valence-corrected chi connectivity index (χ1v) is 7.72. The highest BCUT2D eigenvalue weighted by Crippen LogP contribution is 2.40. The standard InChI is InChI=1S/C15H17N5O3/c1-9-18-14(23-19-9)12-6-10-3-5-20(8-13(10)22-12)15(21)11-2-4-16-17-7-11/h2,4,7,10,12-13H,3,5-6,8H2,1H3/t10-,12+,13+/m1/s1. The summed E-state index contributed by atoms with van der Waals surface area (Å²) in [6, 6.07) is 1.68. The predicted octanol–water partition coefficient (Wildman–Crippen LogP) is 1.16. The van der Waals surface area contributed by atoms with Crippen LogP contribution in [0.1, 0.15) is 41.0 Å². The molecule has 1 amide bonds. The Bertz CT molecular complexity index is 704. The first-order valence-electron chi connectivity index (χ1n) is 7.72. The number of carbonyl (C=O) groups excluding carboxylic acids is 1. The summed E-state index contributed by atoms with van der Waals surface area (Å²) in [6.45, 7) is 3.09. The Morgan fingerprint density at radius 1 is 1.39 bits per heavy atom. The van der Waals surface area contributed by atoms with Crippen molar-refractivity contribution in [3.63, 3.8) is 0 Å². The molecule has 2 aliphatic rings. The lowest BCUT2D eigenvalue weighted by Crippen LogP contribution is -2.45. The highest BCUT2D eigenvalue weighted by molar-refractivity contribution is 5.93. The van der Waals surface area contributed by atoms with Crippen LogP contribution in [0.5, 0.6) is 0 Å². The van der Waals surface area contributed by atoms with Crippen LogP contribution in [-0.4, -0.2) is 50.3 Å². The van der Waals surface area contributed by atoms with Crippen molar-refractivity contribution >= 4 is 5.91 Å². The molecule has 2 aromatic heterocycles. The lowest BCUT2D eigenvalue weighted by atomic mass is 9.91. The number of carbonyl (C=O) groups is 1. The molecule has 4 heterocycles. The van der Waals surface area contributed by atoms with Gasteiger partial charge in [0.25, 0.3) is 11.8 Å². The maximum Gasteiger partial charge on any atom is 0.255 e. The molecule has 0 radical (unpaired) electrons. The maximum atomic E-state index is 12.5. The molecule has 0 unspecified atom stereocenters. The highest BCUT2D eigenvalue weighted by Gasteiger charge is 2.42. The molecule has 2 fully saturated rings. The van der Waals surface area contributed by atoms with E-state index in [1.807, 2.05) is 4.90 Å². The van der Waals surface area contributed by atoms with Crippen LogP contribution in [0.4, 0.5) is 0 Å². The van der Waals surface area contributed by atoms with Crippen LogP contribution in [0, 0.1) is 12.8 Å². The number of likely N-dealkylation sites (tertiary alicyclic amines) is 1. The van der Waals surface area contributed by atoms with Gasteiger partial charge in [0.1, 0.15) is 6.10 Å². The summed E-state index contributed by atoms with van der Waals surface area (Å²) in [5, 5.41) is 11.3. The second kappa shape index (κ2) is 5.69. The van der Waals surface area contributed by atoms with E-state index in [4.69, 9.17) is 9.26 Å². The molecule has 3 atom stereocenters. The molecule has 0 N–H and O–H groups in total. The van der Waals surface area contributed by atoms with Crippen LogP contribution in [-0.2, 0) is 4.74 Å². The van der Waals surface area contributed by atoms with Crippen LogP contribution < -0.4 is 0 Å². The van der Waals surface area contributed by atoms with Gasteiger partial charge in [0, 0.05) is 13.1 Å². The Morgan fingerprint density at radius 2 is 2.30 bits per heavy atom. The Morgan fingerprint density at radius 3 is 3.04 bits per heavy atom. The number of hydrogen-bond acceptors (Lipinski definition) is 7. The van der Waals surface area contributed by atoms with Gasteiger partial charge in [-0.3, -0.25) is 4.79 Å². The number of aromatic nitrogens is 4. The van der Waals surface area contributed by atoms with Crippen LogP contribution in [0.2, 0.25) is 0 Å². The molecule has 0 spiro atoms. The Hall–Kier alpha value is -2.35. The summed E-state index contributed by atoms with van der Waals surface area (Å²) in [5.74, 6) is 1.54. The Labute approximate surface area is 132 Å². The number of fused-ring (bicyclic) bond motifs is 1. The van der Waals surface area contributed by atoms with Gasteiger partial charge in [-0.2, -0.15) is 15.2 Å². The van der Waals surface area contributed by atoms with Crippen molar-refractivity contribution < 1.29 is 14.1 Å². The molecule has 0 aliphatic carbocycles. The van der Waals surface area contributed by atoms with E-state index in [0.717, 1.165) is 19.4 Å². The molecular weight excluding hydrogens is 298 g/mol. The molecule has 8 heteroatoms. The fraction of sp³-hybridized carbons (Fsp3) is 0.533. The fourth-order valence-electron chi connectivity index (χ4n) is 3.32. The fourth-order valence-corrected chi connectivity index (χ4v) is 3.32. The molecule has 120 valence electrons. The second-order valence-electron chi connectivity index (χ2n) is 6.01. The Balaban J connectivity index is 1.44. The van der Waals surface area contributed by atoms with E-state index in [1.165, 1.54) is 12.4 Å². The lowest BCUT2D eigenvalue weighted by molar-refractivity contribution is -0.0137. The van der Waals surface area contributed by atoms with Crippen LogP contribution in [0.25, 0.3) is 0 Å². The van der Waals surface area contributed by atoms with Crippen molar-refractivity contribution in [2.75, 3.05) is 13.1 Å². The van der Waals surface area contributed by atoms with Crippen molar-refractivity contribution in [2.45, 2.75) is 32.0 Å². The second-order valence-corrected chi connectivity index (χ2v) is 6.01. The molecular formula is C15H17N5O3. The number of hydrogen-bond donors (Lipinski definition) is 0. The topological polar surface area (TPSA) is 94.2 Å². The van der Waals surface area contributed by atoms with Gasteiger partial charge < -0.3 is 14.2 Å². The van der Waals surface area contributed by atoms with Gasteiger partial charge in [-0.15, -0.1) is 0 Å². The number of amides is 1. The average Bonchev–Trinajstić information content (AvgIpc) is 3.20. The van der Waals surface area contributed by atoms with Gasteiger partial charge in [0.05, 0.1) is 24.1 Å². The summed E-state index contributed by atoms with van der Waals surface area (Å²) in [4.78, 5) is 18.6. The minimum Gasteiger partial charge on any atom is -0.363 e. The van der Waals surface area contributed by atoms with Crippen molar-refractivity contribution in [1.82, 2.24) is 25.2 Å². The summed E-state index contributed by atoms with van der Waals surface area (Å²) in [6.07, 6.45) is 4.65. The van der Waals surface area contributed by atoms with Crippen molar-refractivity contribution in [2.24, 2.45) is 5.92 Å². The van der Waals surface area contributed by atoms with Gasteiger partial charge in [-0.05, 0) is 31.7 Å². The molecule has 0 bridgehead atoms. The number of ether oxygens (including phenoxy) is 1. The van der Waals surface area contributed by atoms with Crippen molar-refractivity contribution in [3.8, 4) is 0 Å². The molecule has 2 aliphatic heterocycles. The summed E-state index contributed by atoms with van der Waals surface area (Å²) >= 11 is 0. The minimum atomic E-state index is -0.163. The number of piperidine rings is 1. The quantitative estimate of drug-likeness (QED) is 0.820. The zero-order chi connectivity index (χ0) is 15.8. The van der Waals surface area contributed by atoms with Crippen LogP contribution >= 0.6 is 0 Å². The van der Waals surface area contributed by atoms with E-state index >= 15 is 0 Å². The largest absolute Gasteiger partial charge is 0.363 e. The molecule has 2 aromatic rings. The smallest absolute Gasteiger partial charge is 0.255 e.